The number of carbonyl (C=O) groups is 3. The highest BCUT2D eigenvalue weighted by molar-refractivity contribution is 7.12. The molecule has 0 spiro atoms. The summed E-state index contributed by atoms with van der Waals surface area (Å²) in [5.41, 5.74) is 2.73. The Labute approximate surface area is 144 Å². The standard InChI is InChI=1S/C18H18N2O3S/c1-2-12-7-8-24-16(12)18(23)19-14-5-3-11(4-6-14)9-13-10-15(21)20-17(13)22/h3-8,13H,2,9-10H2,1H3,(H,19,23)(H,20,21,22)/t13-/m1/s1. The van der Waals surface area contributed by atoms with Crippen LogP contribution in [0.4, 0.5) is 5.69 Å². The zero-order valence-corrected chi connectivity index (χ0v) is 14.1. The van der Waals surface area contributed by atoms with E-state index in [1.54, 1.807) is 0 Å². The van der Waals surface area contributed by atoms with Crippen LogP contribution in [-0.2, 0) is 22.4 Å². The Morgan fingerprint density at radius 3 is 2.62 bits per heavy atom. The molecule has 1 aliphatic heterocycles. The molecule has 1 saturated heterocycles. The van der Waals surface area contributed by atoms with Gasteiger partial charge in [0.05, 0.1) is 10.8 Å². The van der Waals surface area contributed by atoms with Gasteiger partial charge in [0.15, 0.2) is 0 Å². The molecule has 0 aliphatic carbocycles. The van der Waals surface area contributed by atoms with Crippen molar-refractivity contribution in [3.8, 4) is 0 Å². The zero-order valence-electron chi connectivity index (χ0n) is 13.3. The van der Waals surface area contributed by atoms with Crippen LogP contribution in [0.15, 0.2) is 35.7 Å². The number of thiophene rings is 1. The van der Waals surface area contributed by atoms with Crippen molar-refractivity contribution in [3.63, 3.8) is 0 Å². The van der Waals surface area contributed by atoms with Gasteiger partial charge in [0.2, 0.25) is 11.8 Å². The van der Waals surface area contributed by atoms with Crippen LogP contribution in [0.2, 0.25) is 0 Å². The lowest BCUT2D eigenvalue weighted by Gasteiger charge is -2.08. The molecule has 1 atom stereocenters. The monoisotopic (exact) mass is 342 g/mol. The topological polar surface area (TPSA) is 75.3 Å². The average molecular weight is 342 g/mol. The predicted octanol–water partition coefficient (Wildman–Crippen LogP) is 2.77. The Balaban J connectivity index is 1.63. The molecule has 24 heavy (non-hydrogen) atoms. The van der Waals surface area contributed by atoms with E-state index in [1.807, 2.05) is 42.6 Å². The Kier molecular flexibility index (Phi) is 4.76. The molecule has 0 radical (unpaired) electrons. The van der Waals surface area contributed by atoms with Gasteiger partial charge in [0.25, 0.3) is 5.91 Å². The van der Waals surface area contributed by atoms with Gasteiger partial charge in [-0.15, -0.1) is 11.3 Å². The van der Waals surface area contributed by atoms with Gasteiger partial charge in [-0.2, -0.15) is 0 Å². The van der Waals surface area contributed by atoms with Crippen LogP contribution in [0.1, 0.15) is 34.1 Å². The molecular formula is C18H18N2O3S. The summed E-state index contributed by atoms with van der Waals surface area (Å²) in [5.74, 6) is -0.815. The molecule has 1 aromatic heterocycles. The van der Waals surface area contributed by atoms with Gasteiger partial charge >= 0.3 is 0 Å². The van der Waals surface area contributed by atoms with Crippen LogP contribution in [0.25, 0.3) is 0 Å². The van der Waals surface area contributed by atoms with E-state index in [4.69, 9.17) is 0 Å². The van der Waals surface area contributed by atoms with E-state index in [-0.39, 0.29) is 30.1 Å². The second-order valence-corrected chi connectivity index (χ2v) is 6.71. The number of amides is 3. The summed E-state index contributed by atoms with van der Waals surface area (Å²) < 4.78 is 0. The zero-order chi connectivity index (χ0) is 17.1. The van der Waals surface area contributed by atoms with Gasteiger partial charge < -0.3 is 5.32 Å². The lowest BCUT2D eigenvalue weighted by atomic mass is 9.98. The molecule has 3 amide bonds. The Morgan fingerprint density at radius 1 is 1.25 bits per heavy atom. The van der Waals surface area contributed by atoms with Crippen molar-refractivity contribution in [2.24, 2.45) is 5.92 Å². The van der Waals surface area contributed by atoms with Gasteiger partial charge in [-0.1, -0.05) is 19.1 Å². The highest BCUT2D eigenvalue weighted by Gasteiger charge is 2.30. The van der Waals surface area contributed by atoms with Gasteiger partial charge in [-0.3, -0.25) is 19.7 Å². The van der Waals surface area contributed by atoms with E-state index < -0.39 is 0 Å². The maximum atomic E-state index is 12.3. The molecule has 2 heterocycles. The summed E-state index contributed by atoms with van der Waals surface area (Å²) in [4.78, 5) is 35.9. The molecule has 0 saturated carbocycles. The number of hydrogen-bond acceptors (Lipinski definition) is 4. The second kappa shape index (κ2) is 6.97. The quantitative estimate of drug-likeness (QED) is 0.821. The summed E-state index contributed by atoms with van der Waals surface area (Å²) >= 11 is 1.44. The van der Waals surface area contributed by atoms with Crippen LogP contribution in [0.3, 0.4) is 0 Å². The number of hydrogen-bond donors (Lipinski definition) is 2. The van der Waals surface area contributed by atoms with Crippen LogP contribution < -0.4 is 10.6 Å². The van der Waals surface area contributed by atoms with E-state index in [0.717, 1.165) is 22.4 Å². The number of nitrogens with one attached hydrogen (secondary N) is 2. The maximum Gasteiger partial charge on any atom is 0.266 e. The fourth-order valence-electron chi connectivity index (χ4n) is 2.78. The fraction of sp³-hybridized carbons (Fsp3) is 0.278. The van der Waals surface area contributed by atoms with Crippen LogP contribution in [0.5, 0.6) is 0 Å². The first-order valence-corrected chi connectivity index (χ1v) is 8.75. The third kappa shape index (κ3) is 3.54. The van der Waals surface area contributed by atoms with E-state index in [0.29, 0.717) is 12.1 Å². The molecule has 0 unspecified atom stereocenters. The SMILES string of the molecule is CCc1ccsc1C(=O)Nc1ccc(C[C@@H]2CC(=O)NC2=O)cc1. The van der Waals surface area contributed by atoms with Gasteiger partial charge in [-0.25, -0.2) is 0 Å². The number of anilines is 1. The van der Waals surface area contributed by atoms with Crippen LogP contribution in [0, 0.1) is 5.92 Å². The van der Waals surface area contributed by atoms with Crippen LogP contribution in [-0.4, -0.2) is 17.7 Å². The van der Waals surface area contributed by atoms with Gasteiger partial charge in [0.1, 0.15) is 0 Å². The normalized spacial score (nSPS) is 17.0. The molecule has 124 valence electrons. The largest absolute Gasteiger partial charge is 0.321 e. The smallest absolute Gasteiger partial charge is 0.266 e. The minimum absolute atomic E-state index is 0.102. The Hall–Kier alpha value is -2.47. The van der Waals surface area contributed by atoms with Crippen LogP contribution >= 0.6 is 11.3 Å². The maximum absolute atomic E-state index is 12.3. The summed E-state index contributed by atoms with van der Waals surface area (Å²) in [6, 6.07) is 9.36. The van der Waals surface area contributed by atoms with Gasteiger partial charge in [0, 0.05) is 12.1 Å². The van der Waals surface area contributed by atoms with E-state index >= 15 is 0 Å². The van der Waals surface area contributed by atoms with Crippen molar-refractivity contribution < 1.29 is 14.4 Å². The summed E-state index contributed by atoms with van der Waals surface area (Å²) in [7, 11) is 0. The lowest BCUT2D eigenvalue weighted by Crippen LogP contribution is -2.22. The summed E-state index contributed by atoms with van der Waals surface area (Å²) in [6.45, 7) is 2.03. The lowest BCUT2D eigenvalue weighted by molar-refractivity contribution is -0.125. The molecule has 0 bridgehead atoms. The molecule has 5 nitrogen and oxygen atoms in total. The van der Waals surface area contributed by atoms with Crippen molar-refractivity contribution in [2.45, 2.75) is 26.2 Å². The molecular weight excluding hydrogens is 324 g/mol. The number of carbonyl (C=O) groups excluding carboxylic acids is 3. The number of imide groups is 1. The Morgan fingerprint density at radius 2 is 2.00 bits per heavy atom. The average Bonchev–Trinajstić information content (AvgIpc) is 3.15. The highest BCUT2D eigenvalue weighted by Crippen LogP contribution is 2.21. The van der Waals surface area contributed by atoms with E-state index in [1.165, 1.54) is 11.3 Å². The highest BCUT2D eigenvalue weighted by atomic mass is 32.1. The minimum atomic E-state index is -0.295. The van der Waals surface area contributed by atoms with Crippen molar-refractivity contribution in [2.75, 3.05) is 5.32 Å². The summed E-state index contributed by atoms with van der Waals surface area (Å²) in [5, 5.41) is 7.13. The van der Waals surface area contributed by atoms with Gasteiger partial charge in [-0.05, 0) is 47.5 Å². The fourth-order valence-corrected chi connectivity index (χ4v) is 3.67. The van der Waals surface area contributed by atoms with Crippen molar-refractivity contribution in [3.05, 3.63) is 51.7 Å². The minimum Gasteiger partial charge on any atom is -0.321 e. The van der Waals surface area contributed by atoms with Crippen molar-refractivity contribution in [1.82, 2.24) is 5.32 Å². The second-order valence-electron chi connectivity index (χ2n) is 5.80. The van der Waals surface area contributed by atoms with E-state index in [9.17, 15) is 14.4 Å². The third-order valence-corrected chi connectivity index (χ3v) is 5.05. The first-order valence-electron chi connectivity index (χ1n) is 7.87. The molecule has 1 aromatic carbocycles. The number of aryl methyl sites for hydroxylation is 1. The molecule has 1 fully saturated rings. The Bertz CT molecular complexity index is 780. The predicted molar refractivity (Wildman–Crippen MR) is 93.1 cm³/mol. The van der Waals surface area contributed by atoms with Crippen molar-refractivity contribution >= 4 is 34.7 Å². The summed E-state index contributed by atoms with van der Waals surface area (Å²) in [6.07, 6.45) is 1.60. The number of rotatable bonds is 5. The molecule has 3 rings (SSSR count). The first-order chi connectivity index (χ1) is 11.6. The van der Waals surface area contributed by atoms with Crippen molar-refractivity contribution in [1.29, 1.82) is 0 Å². The molecule has 2 aromatic rings. The molecule has 2 N–H and O–H groups in total. The first kappa shape index (κ1) is 16.4. The third-order valence-electron chi connectivity index (χ3n) is 4.09. The number of benzene rings is 1. The van der Waals surface area contributed by atoms with E-state index in [2.05, 4.69) is 10.6 Å². The molecule has 1 aliphatic rings. The molecule has 6 heteroatoms.